The van der Waals surface area contributed by atoms with Crippen molar-refractivity contribution in [2.75, 3.05) is 0 Å². The standard InChI is InChI=1S/C27H36N2O4/c1-6-9-23(21-12-10-18(4)11-13-21)28-26(32)29-24(31)27(7-2,8-3)25(29)33-22-16-14-20(15-17-22)19(5)30/h10-17,19,23,25,30H,6-9H2,1-5H3,(H,28,32)/t19-,23-,25+/m1/s1. The van der Waals surface area contributed by atoms with Crippen LogP contribution in [-0.2, 0) is 4.79 Å². The zero-order valence-corrected chi connectivity index (χ0v) is 20.3. The molecule has 0 spiro atoms. The molecule has 3 rings (SSSR count). The number of urea groups is 1. The molecule has 2 aromatic rings. The first-order chi connectivity index (χ1) is 15.8. The largest absolute Gasteiger partial charge is 0.469 e. The van der Waals surface area contributed by atoms with E-state index in [9.17, 15) is 14.7 Å². The molecule has 1 aliphatic rings. The zero-order valence-electron chi connectivity index (χ0n) is 20.3. The number of amides is 3. The van der Waals surface area contributed by atoms with Gasteiger partial charge in [0.2, 0.25) is 5.91 Å². The summed E-state index contributed by atoms with van der Waals surface area (Å²) in [6.45, 7) is 9.71. The van der Waals surface area contributed by atoms with E-state index >= 15 is 0 Å². The topological polar surface area (TPSA) is 78.9 Å². The van der Waals surface area contributed by atoms with Gasteiger partial charge in [0.05, 0.1) is 12.1 Å². The fraction of sp³-hybridized carbons (Fsp3) is 0.481. The molecule has 3 amide bonds. The quantitative estimate of drug-likeness (QED) is 0.482. The van der Waals surface area contributed by atoms with Gasteiger partial charge >= 0.3 is 6.03 Å². The molecule has 1 saturated heterocycles. The van der Waals surface area contributed by atoms with Crippen molar-refractivity contribution in [3.8, 4) is 5.75 Å². The number of aryl methyl sites for hydroxylation is 1. The van der Waals surface area contributed by atoms with Crippen molar-refractivity contribution < 1.29 is 19.4 Å². The predicted molar refractivity (Wildman–Crippen MR) is 129 cm³/mol. The molecule has 1 aliphatic heterocycles. The van der Waals surface area contributed by atoms with E-state index in [0.717, 1.165) is 29.5 Å². The van der Waals surface area contributed by atoms with E-state index in [4.69, 9.17) is 4.74 Å². The first-order valence-electron chi connectivity index (χ1n) is 11.9. The summed E-state index contributed by atoms with van der Waals surface area (Å²) >= 11 is 0. The zero-order chi connectivity index (χ0) is 24.2. The van der Waals surface area contributed by atoms with E-state index in [-0.39, 0.29) is 11.9 Å². The number of nitrogens with zero attached hydrogens (tertiary/aromatic N) is 1. The SMILES string of the molecule is CCC[C@@H](NC(=O)N1C(=O)C(CC)(CC)[C@@H]1Oc1ccc([C@@H](C)O)cc1)c1ccc(C)cc1. The number of hydrogen-bond acceptors (Lipinski definition) is 4. The molecule has 0 radical (unpaired) electrons. The third-order valence-electron chi connectivity index (χ3n) is 6.80. The molecule has 6 heteroatoms. The predicted octanol–water partition coefficient (Wildman–Crippen LogP) is 5.65. The van der Waals surface area contributed by atoms with Crippen LogP contribution in [0.5, 0.6) is 5.75 Å². The summed E-state index contributed by atoms with van der Waals surface area (Å²) < 4.78 is 6.21. The highest BCUT2D eigenvalue weighted by Gasteiger charge is 2.63. The second-order valence-electron chi connectivity index (χ2n) is 8.96. The van der Waals surface area contributed by atoms with Crippen LogP contribution in [0.1, 0.15) is 82.2 Å². The molecule has 33 heavy (non-hydrogen) atoms. The number of β-lactam (4-membered cyclic amide) rings is 1. The summed E-state index contributed by atoms with van der Waals surface area (Å²) in [6, 6.07) is 14.6. The lowest BCUT2D eigenvalue weighted by molar-refractivity contribution is -0.191. The van der Waals surface area contributed by atoms with Crippen LogP contribution in [0.4, 0.5) is 4.79 Å². The molecule has 0 bridgehead atoms. The number of rotatable bonds is 9. The number of ether oxygens (including phenoxy) is 1. The van der Waals surface area contributed by atoms with E-state index in [1.807, 2.05) is 45.0 Å². The monoisotopic (exact) mass is 452 g/mol. The van der Waals surface area contributed by atoms with Gasteiger partial charge in [0.15, 0.2) is 6.23 Å². The van der Waals surface area contributed by atoms with Crippen molar-refractivity contribution in [3.63, 3.8) is 0 Å². The van der Waals surface area contributed by atoms with Crippen LogP contribution in [0.2, 0.25) is 0 Å². The van der Waals surface area contributed by atoms with E-state index in [2.05, 4.69) is 12.2 Å². The van der Waals surface area contributed by atoms with E-state index in [1.165, 1.54) is 4.90 Å². The number of aliphatic hydroxyl groups is 1. The summed E-state index contributed by atoms with van der Waals surface area (Å²) in [7, 11) is 0. The number of nitrogens with one attached hydrogen (secondary N) is 1. The van der Waals surface area contributed by atoms with Gasteiger partial charge in [-0.15, -0.1) is 0 Å². The van der Waals surface area contributed by atoms with Crippen LogP contribution >= 0.6 is 0 Å². The summed E-state index contributed by atoms with van der Waals surface area (Å²) in [5.74, 6) is 0.361. The minimum absolute atomic E-state index is 0.180. The van der Waals surface area contributed by atoms with Crippen molar-refractivity contribution in [1.82, 2.24) is 10.2 Å². The van der Waals surface area contributed by atoms with Gasteiger partial charge in [0.25, 0.3) is 0 Å². The van der Waals surface area contributed by atoms with Crippen molar-refractivity contribution >= 4 is 11.9 Å². The lowest BCUT2D eigenvalue weighted by Crippen LogP contribution is -2.73. The molecule has 6 nitrogen and oxygen atoms in total. The van der Waals surface area contributed by atoms with E-state index in [0.29, 0.717) is 18.6 Å². The first kappa shape index (κ1) is 24.8. The molecule has 0 unspecified atom stereocenters. The molecular weight excluding hydrogens is 416 g/mol. The molecule has 3 atom stereocenters. The Hall–Kier alpha value is -2.86. The van der Waals surface area contributed by atoms with E-state index < -0.39 is 23.8 Å². The smallest absolute Gasteiger partial charge is 0.327 e. The second-order valence-corrected chi connectivity index (χ2v) is 8.96. The highest BCUT2D eigenvalue weighted by atomic mass is 16.5. The Morgan fingerprint density at radius 2 is 1.64 bits per heavy atom. The second kappa shape index (κ2) is 10.4. The third-order valence-corrected chi connectivity index (χ3v) is 6.80. The highest BCUT2D eigenvalue weighted by molar-refractivity contribution is 6.03. The average molecular weight is 453 g/mol. The fourth-order valence-electron chi connectivity index (χ4n) is 4.48. The molecule has 1 heterocycles. The van der Waals surface area contributed by atoms with Crippen molar-refractivity contribution in [2.24, 2.45) is 5.41 Å². The van der Waals surface area contributed by atoms with Gasteiger partial charge in [-0.1, -0.05) is 69.2 Å². The number of imide groups is 1. The molecule has 0 aromatic heterocycles. The number of benzene rings is 2. The van der Waals surface area contributed by atoms with Gasteiger partial charge in [0.1, 0.15) is 11.2 Å². The summed E-state index contributed by atoms with van der Waals surface area (Å²) in [5, 5.41) is 12.8. The average Bonchev–Trinajstić information content (AvgIpc) is 2.80. The van der Waals surface area contributed by atoms with Crippen molar-refractivity contribution in [2.45, 2.75) is 78.7 Å². The van der Waals surface area contributed by atoms with Crippen molar-refractivity contribution in [3.05, 3.63) is 65.2 Å². The van der Waals surface area contributed by atoms with Crippen LogP contribution in [0, 0.1) is 12.3 Å². The van der Waals surface area contributed by atoms with Crippen LogP contribution in [0.3, 0.4) is 0 Å². The summed E-state index contributed by atoms with van der Waals surface area (Å²) in [5.41, 5.74) is 2.22. The van der Waals surface area contributed by atoms with Gasteiger partial charge in [-0.2, -0.15) is 0 Å². The maximum atomic E-state index is 13.3. The summed E-state index contributed by atoms with van der Waals surface area (Å²) in [4.78, 5) is 27.7. The molecule has 0 saturated carbocycles. The maximum absolute atomic E-state index is 13.3. The lowest BCUT2D eigenvalue weighted by Gasteiger charge is -2.53. The Morgan fingerprint density at radius 1 is 1.06 bits per heavy atom. The van der Waals surface area contributed by atoms with Gasteiger partial charge in [-0.25, -0.2) is 9.69 Å². The molecule has 2 aromatic carbocycles. The molecular formula is C27H36N2O4. The van der Waals surface area contributed by atoms with Gasteiger partial charge in [-0.05, 0) is 56.4 Å². The Balaban J connectivity index is 1.83. The number of carbonyl (C=O) groups excluding carboxylic acids is 2. The van der Waals surface area contributed by atoms with Crippen LogP contribution in [0.25, 0.3) is 0 Å². The first-order valence-corrected chi connectivity index (χ1v) is 11.9. The molecule has 178 valence electrons. The minimum atomic E-state index is -0.732. The Bertz CT molecular complexity index is 949. The van der Waals surface area contributed by atoms with Gasteiger partial charge < -0.3 is 15.2 Å². The van der Waals surface area contributed by atoms with Crippen LogP contribution in [0.15, 0.2) is 48.5 Å². The minimum Gasteiger partial charge on any atom is -0.469 e. The number of hydrogen-bond donors (Lipinski definition) is 2. The lowest BCUT2D eigenvalue weighted by atomic mass is 9.72. The van der Waals surface area contributed by atoms with E-state index in [1.54, 1.807) is 31.2 Å². The van der Waals surface area contributed by atoms with Gasteiger partial charge in [0, 0.05) is 0 Å². The molecule has 1 fully saturated rings. The fourth-order valence-corrected chi connectivity index (χ4v) is 4.48. The third kappa shape index (κ3) is 4.91. The molecule has 0 aliphatic carbocycles. The van der Waals surface area contributed by atoms with Crippen LogP contribution < -0.4 is 10.1 Å². The highest BCUT2D eigenvalue weighted by Crippen LogP contribution is 2.46. The number of aliphatic hydroxyl groups excluding tert-OH is 1. The normalized spacial score (nSPS) is 18.9. The van der Waals surface area contributed by atoms with Gasteiger partial charge in [-0.3, -0.25) is 4.79 Å². The Morgan fingerprint density at radius 3 is 2.15 bits per heavy atom. The number of carbonyl (C=O) groups is 2. The maximum Gasteiger partial charge on any atom is 0.327 e. The van der Waals surface area contributed by atoms with Crippen LogP contribution in [-0.4, -0.2) is 28.2 Å². The van der Waals surface area contributed by atoms with Crippen molar-refractivity contribution in [1.29, 1.82) is 0 Å². The molecule has 2 N–H and O–H groups in total. The summed E-state index contributed by atoms with van der Waals surface area (Å²) in [6.07, 6.45) is 1.58. The Kier molecular flexibility index (Phi) is 7.80. The Labute approximate surface area is 196 Å². The number of likely N-dealkylation sites (tertiary alicyclic amines) is 1.